The number of hydrogen-bond donors (Lipinski definition) is 2. The predicted octanol–water partition coefficient (Wildman–Crippen LogP) is 3.70. The van der Waals surface area contributed by atoms with E-state index in [0.29, 0.717) is 18.7 Å². The standard InChI is InChI=1S/C24H32N4O3/c1-6-20-16(3)23(27-22-9-7-8-15(2)26-22)19-14-18(24(30)25-12-13-31-5)10-11-21(19)28(20)17(4)29/h7-11,14,16,20,23H,6,12-13H2,1-5H3,(H,25,30)(H,26,27). The van der Waals surface area contributed by atoms with Gasteiger partial charge in [-0.1, -0.05) is 19.9 Å². The zero-order valence-corrected chi connectivity index (χ0v) is 18.9. The first kappa shape index (κ1) is 22.7. The first-order chi connectivity index (χ1) is 14.9. The molecule has 1 aliphatic rings. The summed E-state index contributed by atoms with van der Waals surface area (Å²) in [5.74, 6) is 0.746. The molecule has 1 aliphatic heterocycles. The van der Waals surface area contributed by atoms with Crippen molar-refractivity contribution >= 4 is 23.3 Å². The van der Waals surface area contributed by atoms with Crippen molar-refractivity contribution < 1.29 is 14.3 Å². The van der Waals surface area contributed by atoms with Crippen molar-refractivity contribution in [2.24, 2.45) is 5.92 Å². The van der Waals surface area contributed by atoms with Gasteiger partial charge in [0.1, 0.15) is 5.82 Å². The average molecular weight is 425 g/mol. The molecule has 3 unspecified atom stereocenters. The monoisotopic (exact) mass is 424 g/mol. The Kier molecular flexibility index (Phi) is 7.28. The highest BCUT2D eigenvalue weighted by atomic mass is 16.5. The van der Waals surface area contributed by atoms with Crippen LogP contribution >= 0.6 is 0 Å². The third-order valence-electron chi connectivity index (χ3n) is 5.89. The molecule has 0 bridgehead atoms. The van der Waals surface area contributed by atoms with E-state index in [1.807, 2.05) is 42.2 Å². The first-order valence-corrected chi connectivity index (χ1v) is 10.8. The van der Waals surface area contributed by atoms with Gasteiger partial charge in [0.15, 0.2) is 0 Å². The van der Waals surface area contributed by atoms with E-state index in [2.05, 4.69) is 29.5 Å². The van der Waals surface area contributed by atoms with Gasteiger partial charge >= 0.3 is 0 Å². The molecule has 1 aromatic heterocycles. The number of aromatic nitrogens is 1. The van der Waals surface area contributed by atoms with Gasteiger partial charge in [-0.3, -0.25) is 9.59 Å². The fourth-order valence-corrected chi connectivity index (χ4v) is 4.40. The fourth-order valence-electron chi connectivity index (χ4n) is 4.40. The smallest absolute Gasteiger partial charge is 0.251 e. The molecule has 0 spiro atoms. The molecular weight excluding hydrogens is 392 g/mol. The van der Waals surface area contributed by atoms with E-state index in [1.165, 1.54) is 0 Å². The van der Waals surface area contributed by atoms with Crippen LogP contribution in [0.1, 0.15) is 54.8 Å². The van der Waals surface area contributed by atoms with Gasteiger partial charge in [-0.15, -0.1) is 0 Å². The van der Waals surface area contributed by atoms with Gasteiger partial charge in [0.2, 0.25) is 5.91 Å². The molecule has 3 atom stereocenters. The number of pyridine rings is 1. The number of benzene rings is 1. The summed E-state index contributed by atoms with van der Waals surface area (Å²) in [6.07, 6.45) is 0.832. The normalized spacial score (nSPS) is 20.2. The Morgan fingerprint density at radius 2 is 2.00 bits per heavy atom. The second-order valence-corrected chi connectivity index (χ2v) is 8.03. The number of carbonyl (C=O) groups is 2. The molecule has 0 fully saturated rings. The van der Waals surface area contributed by atoms with Crippen LogP contribution in [0.15, 0.2) is 36.4 Å². The topological polar surface area (TPSA) is 83.6 Å². The lowest BCUT2D eigenvalue weighted by molar-refractivity contribution is -0.117. The molecule has 7 nitrogen and oxygen atoms in total. The molecule has 0 aliphatic carbocycles. The number of anilines is 2. The second-order valence-electron chi connectivity index (χ2n) is 8.03. The highest BCUT2D eigenvalue weighted by Crippen LogP contribution is 2.43. The van der Waals surface area contributed by atoms with Gasteiger partial charge in [-0.05, 0) is 49.2 Å². The Labute approximate surface area is 184 Å². The number of hydrogen-bond acceptors (Lipinski definition) is 5. The third kappa shape index (κ3) is 4.88. The Bertz CT molecular complexity index is 946. The van der Waals surface area contributed by atoms with E-state index in [4.69, 9.17) is 4.74 Å². The minimum Gasteiger partial charge on any atom is -0.383 e. The predicted molar refractivity (Wildman–Crippen MR) is 122 cm³/mol. The van der Waals surface area contributed by atoms with Crippen LogP contribution in [0.25, 0.3) is 0 Å². The molecule has 166 valence electrons. The maximum atomic E-state index is 12.7. The first-order valence-electron chi connectivity index (χ1n) is 10.8. The Morgan fingerprint density at radius 3 is 2.65 bits per heavy atom. The maximum absolute atomic E-state index is 12.7. The molecule has 2 N–H and O–H groups in total. The van der Waals surface area contributed by atoms with Gasteiger partial charge in [0, 0.05) is 49.5 Å². The van der Waals surface area contributed by atoms with Crippen molar-refractivity contribution in [1.82, 2.24) is 10.3 Å². The van der Waals surface area contributed by atoms with Gasteiger partial charge < -0.3 is 20.3 Å². The lowest BCUT2D eigenvalue weighted by Gasteiger charge is -2.45. The number of nitrogens with one attached hydrogen (secondary N) is 2. The number of methoxy groups -OCH3 is 1. The lowest BCUT2D eigenvalue weighted by atomic mass is 9.80. The minimum absolute atomic E-state index is 0.00405. The number of amides is 2. The lowest BCUT2D eigenvalue weighted by Crippen LogP contribution is -2.49. The molecule has 2 amide bonds. The number of ether oxygens (including phenoxy) is 1. The summed E-state index contributed by atoms with van der Waals surface area (Å²) in [6.45, 7) is 8.69. The van der Waals surface area contributed by atoms with E-state index in [1.54, 1.807) is 20.1 Å². The largest absolute Gasteiger partial charge is 0.383 e. The zero-order chi connectivity index (χ0) is 22.5. The van der Waals surface area contributed by atoms with E-state index < -0.39 is 0 Å². The number of nitrogens with zero attached hydrogens (tertiary/aromatic N) is 2. The highest BCUT2D eigenvalue weighted by molar-refractivity contribution is 5.98. The second kappa shape index (κ2) is 9.92. The number of aryl methyl sites for hydroxylation is 1. The molecule has 0 saturated heterocycles. The van der Waals surface area contributed by atoms with E-state index in [9.17, 15) is 9.59 Å². The summed E-state index contributed by atoms with van der Waals surface area (Å²) in [7, 11) is 1.60. The third-order valence-corrected chi connectivity index (χ3v) is 5.89. The molecule has 7 heteroatoms. The van der Waals surface area contributed by atoms with Crippen molar-refractivity contribution in [1.29, 1.82) is 0 Å². The Morgan fingerprint density at radius 1 is 1.23 bits per heavy atom. The van der Waals surface area contributed by atoms with Crippen LogP contribution in [-0.4, -0.2) is 43.1 Å². The van der Waals surface area contributed by atoms with E-state index in [-0.39, 0.29) is 29.8 Å². The van der Waals surface area contributed by atoms with Gasteiger partial charge in [0.05, 0.1) is 12.6 Å². The quantitative estimate of drug-likeness (QED) is 0.662. The summed E-state index contributed by atoms with van der Waals surface area (Å²) < 4.78 is 5.01. The van der Waals surface area contributed by atoms with Crippen molar-refractivity contribution in [3.63, 3.8) is 0 Å². The van der Waals surface area contributed by atoms with Gasteiger partial charge in [-0.2, -0.15) is 0 Å². The Hall–Kier alpha value is -2.93. The fraction of sp³-hybridized carbons (Fsp3) is 0.458. The van der Waals surface area contributed by atoms with Crippen LogP contribution in [0.4, 0.5) is 11.5 Å². The van der Waals surface area contributed by atoms with Crippen LogP contribution in [0.2, 0.25) is 0 Å². The van der Waals surface area contributed by atoms with Crippen LogP contribution in [-0.2, 0) is 9.53 Å². The van der Waals surface area contributed by atoms with Crippen molar-refractivity contribution in [2.45, 2.75) is 46.2 Å². The molecule has 0 saturated carbocycles. The average Bonchev–Trinajstić information content (AvgIpc) is 2.74. The highest BCUT2D eigenvalue weighted by Gasteiger charge is 2.40. The van der Waals surface area contributed by atoms with Crippen molar-refractivity contribution in [2.75, 3.05) is 30.5 Å². The summed E-state index contributed by atoms with van der Waals surface area (Å²) in [4.78, 5) is 31.7. The van der Waals surface area contributed by atoms with Crippen LogP contribution < -0.4 is 15.5 Å². The van der Waals surface area contributed by atoms with Gasteiger partial charge in [-0.25, -0.2) is 4.98 Å². The van der Waals surface area contributed by atoms with Crippen LogP contribution in [0.5, 0.6) is 0 Å². The molecule has 3 rings (SSSR count). The number of carbonyl (C=O) groups excluding carboxylic acids is 2. The summed E-state index contributed by atoms with van der Waals surface area (Å²) in [6, 6.07) is 11.4. The van der Waals surface area contributed by atoms with E-state index >= 15 is 0 Å². The maximum Gasteiger partial charge on any atom is 0.251 e. The zero-order valence-electron chi connectivity index (χ0n) is 18.9. The molecular formula is C24H32N4O3. The van der Waals surface area contributed by atoms with Crippen molar-refractivity contribution in [3.8, 4) is 0 Å². The minimum atomic E-state index is -0.160. The number of fused-ring (bicyclic) bond motifs is 1. The summed E-state index contributed by atoms with van der Waals surface area (Å²) in [5.41, 5.74) is 3.26. The van der Waals surface area contributed by atoms with Crippen LogP contribution in [0.3, 0.4) is 0 Å². The summed E-state index contributed by atoms with van der Waals surface area (Å²) in [5, 5.41) is 6.44. The van der Waals surface area contributed by atoms with Crippen LogP contribution in [0, 0.1) is 12.8 Å². The molecule has 2 heterocycles. The summed E-state index contributed by atoms with van der Waals surface area (Å²) >= 11 is 0. The number of rotatable bonds is 7. The molecule has 2 aromatic rings. The molecule has 31 heavy (non-hydrogen) atoms. The van der Waals surface area contributed by atoms with E-state index in [0.717, 1.165) is 29.2 Å². The van der Waals surface area contributed by atoms with Crippen molar-refractivity contribution in [3.05, 3.63) is 53.2 Å². The molecule has 0 radical (unpaired) electrons. The Balaban J connectivity index is 2.04. The molecule has 1 aromatic carbocycles. The van der Waals surface area contributed by atoms with Gasteiger partial charge in [0.25, 0.3) is 5.91 Å². The SMILES string of the molecule is CCC1C(C)C(Nc2cccc(C)n2)c2cc(C(=O)NCCOC)ccc2N1C(C)=O.